The number of nitrogens with zero attached hydrogens (tertiary/aromatic N) is 6. The Bertz CT molecular complexity index is 698. The van der Waals surface area contributed by atoms with E-state index in [1.54, 1.807) is 24.5 Å². The van der Waals surface area contributed by atoms with Crippen molar-refractivity contribution < 1.29 is 13.2 Å². The van der Waals surface area contributed by atoms with Crippen molar-refractivity contribution >= 4 is 0 Å². The van der Waals surface area contributed by atoms with Crippen LogP contribution in [-0.2, 0) is 13.1 Å². The highest BCUT2D eigenvalue weighted by molar-refractivity contribution is 5.53. The van der Waals surface area contributed by atoms with Gasteiger partial charge in [0, 0.05) is 37.1 Å². The summed E-state index contributed by atoms with van der Waals surface area (Å²) in [7, 11) is 4.03. The summed E-state index contributed by atoms with van der Waals surface area (Å²) in [5.41, 5.74) is 0.657. The molecule has 0 spiro atoms. The Labute approximate surface area is 144 Å². The van der Waals surface area contributed by atoms with Gasteiger partial charge in [0.2, 0.25) is 0 Å². The van der Waals surface area contributed by atoms with Crippen LogP contribution < -0.4 is 0 Å². The predicted molar refractivity (Wildman–Crippen MR) is 86.7 cm³/mol. The van der Waals surface area contributed by atoms with Gasteiger partial charge in [0.05, 0.1) is 6.54 Å². The Kier molecular flexibility index (Phi) is 5.05. The molecule has 1 aliphatic heterocycles. The van der Waals surface area contributed by atoms with Gasteiger partial charge in [-0.1, -0.05) is 0 Å². The van der Waals surface area contributed by atoms with Crippen molar-refractivity contribution in [2.24, 2.45) is 0 Å². The zero-order valence-electron chi connectivity index (χ0n) is 14.2. The van der Waals surface area contributed by atoms with Gasteiger partial charge in [-0.05, 0) is 32.6 Å². The zero-order valence-corrected chi connectivity index (χ0v) is 14.2. The molecule has 25 heavy (non-hydrogen) atoms. The number of likely N-dealkylation sites (N-methyl/N-ethyl adjacent to an activating group) is 1. The van der Waals surface area contributed by atoms with E-state index >= 15 is 0 Å². The highest BCUT2D eigenvalue weighted by Gasteiger charge is 2.32. The van der Waals surface area contributed by atoms with E-state index in [0.717, 1.165) is 24.2 Å². The molecule has 0 aliphatic carbocycles. The predicted octanol–water partition coefficient (Wildman–Crippen LogP) is 2.04. The first kappa shape index (κ1) is 17.8. The molecule has 1 saturated heterocycles. The first-order chi connectivity index (χ1) is 11.8. The van der Waals surface area contributed by atoms with Crippen molar-refractivity contribution in [2.45, 2.75) is 31.7 Å². The van der Waals surface area contributed by atoms with Crippen molar-refractivity contribution in [1.82, 2.24) is 29.5 Å². The van der Waals surface area contributed by atoms with E-state index in [-0.39, 0.29) is 0 Å². The Morgan fingerprint density at radius 2 is 1.96 bits per heavy atom. The molecule has 1 fully saturated rings. The van der Waals surface area contributed by atoms with Crippen LogP contribution in [0.4, 0.5) is 13.2 Å². The van der Waals surface area contributed by atoms with E-state index in [0.29, 0.717) is 29.8 Å². The molecule has 0 N–H and O–H groups in total. The van der Waals surface area contributed by atoms with E-state index < -0.39 is 12.7 Å². The standard InChI is InChI=1S/C16H21F3N6/c1-23(2)13-5-8-24(9-13)10-14-21-15(12-3-6-20-7-4-12)22-25(14)11-16(17,18)19/h3-4,6-7,13H,5,8-11H2,1-2H3. The maximum absolute atomic E-state index is 12.9. The smallest absolute Gasteiger partial charge is 0.305 e. The fourth-order valence-corrected chi connectivity index (χ4v) is 2.99. The van der Waals surface area contributed by atoms with Gasteiger partial charge in [-0.3, -0.25) is 9.88 Å². The van der Waals surface area contributed by atoms with Crippen LogP contribution in [-0.4, -0.2) is 69.0 Å². The summed E-state index contributed by atoms with van der Waals surface area (Å²) in [5.74, 6) is 0.633. The molecule has 0 radical (unpaired) electrons. The third kappa shape index (κ3) is 4.55. The number of hydrogen-bond donors (Lipinski definition) is 0. The molecule has 0 bridgehead atoms. The van der Waals surface area contributed by atoms with Crippen LogP contribution in [0.5, 0.6) is 0 Å². The van der Waals surface area contributed by atoms with E-state index in [2.05, 4.69) is 24.9 Å². The lowest BCUT2D eigenvalue weighted by Crippen LogP contribution is -2.32. The Morgan fingerprint density at radius 3 is 2.56 bits per heavy atom. The lowest BCUT2D eigenvalue weighted by Gasteiger charge is -2.20. The molecular formula is C16H21F3N6. The summed E-state index contributed by atoms with van der Waals surface area (Å²) in [6.45, 7) is 0.882. The van der Waals surface area contributed by atoms with Gasteiger partial charge in [0.25, 0.3) is 0 Å². The minimum absolute atomic E-state index is 0.296. The summed E-state index contributed by atoms with van der Waals surface area (Å²) in [4.78, 5) is 12.5. The summed E-state index contributed by atoms with van der Waals surface area (Å²) in [5, 5.41) is 4.08. The van der Waals surface area contributed by atoms with Crippen molar-refractivity contribution in [1.29, 1.82) is 0 Å². The number of rotatable bonds is 5. The summed E-state index contributed by atoms with van der Waals surface area (Å²) < 4.78 is 39.7. The summed E-state index contributed by atoms with van der Waals surface area (Å²) >= 11 is 0. The number of aromatic nitrogens is 4. The SMILES string of the molecule is CN(C)C1CCN(Cc2nc(-c3ccncc3)nn2CC(F)(F)F)C1. The molecule has 0 amide bonds. The van der Waals surface area contributed by atoms with E-state index in [4.69, 9.17) is 0 Å². The molecule has 0 saturated carbocycles. The lowest BCUT2D eigenvalue weighted by atomic mass is 10.2. The Balaban J connectivity index is 1.82. The molecule has 2 aromatic rings. The lowest BCUT2D eigenvalue weighted by molar-refractivity contribution is -0.143. The van der Waals surface area contributed by atoms with Gasteiger partial charge >= 0.3 is 6.18 Å². The van der Waals surface area contributed by atoms with Crippen molar-refractivity contribution in [3.63, 3.8) is 0 Å². The first-order valence-electron chi connectivity index (χ1n) is 8.11. The Morgan fingerprint density at radius 1 is 1.24 bits per heavy atom. The minimum atomic E-state index is -4.34. The van der Waals surface area contributed by atoms with E-state index in [1.165, 1.54) is 0 Å². The zero-order chi connectivity index (χ0) is 18.0. The van der Waals surface area contributed by atoms with Gasteiger partial charge in [0.1, 0.15) is 12.4 Å². The largest absolute Gasteiger partial charge is 0.408 e. The molecule has 1 unspecified atom stereocenters. The second-order valence-electron chi connectivity index (χ2n) is 6.50. The van der Waals surface area contributed by atoms with Crippen LogP contribution in [0.3, 0.4) is 0 Å². The average molecular weight is 354 g/mol. The normalized spacial score (nSPS) is 19.0. The second-order valence-corrected chi connectivity index (χ2v) is 6.50. The van der Waals surface area contributed by atoms with Crippen molar-refractivity contribution in [3.05, 3.63) is 30.4 Å². The highest BCUT2D eigenvalue weighted by atomic mass is 19.4. The van der Waals surface area contributed by atoms with Crippen LogP contribution in [0.2, 0.25) is 0 Å². The van der Waals surface area contributed by atoms with E-state index in [9.17, 15) is 13.2 Å². The van der Waals surface area contributed by atoms with Gasteiger partial charge in [-0.25, -0.2) is 9.67 Å². The molecule has 3 heterocycles. The molecule has 0 aromatic carbocycles. The molecule has 1 aliphatic rings. The summed E-state index contributed by atoms with van der Waals surface area (Å²) in [6.07, 6.45) is -0.198. The number of halogens is 3. The quantitative estimate of drug-likeness (QED) is 0.822. The average Bonchev–Trinajstić information content (AvgIpc) is 3.15. The minimum Gasteiger partial charge on any atom is -0.305 e. The van der Waals surface area contributed by atoms with Crippen molar-refractivity contribution in [2.75, 3.05) is 27.2 Å². The van der Waals surface area contributed by atoms with Crippen LogP contribution in [0.1, 0.15) is 12.2 Å². The Hall–Kier alpha value is -2.00. The maximum Gasteiger partial charge on any atom is 0.408 e. The summed E-state index contributed by atoms with van der Waals surface area (Å²) in [6, 6.07) is 3.79. The number of likely N-dealkylation sites (tertiary alicyclic amines) is 1. The molecular weight excluding hydrogens is 333 g/mol. The second kappa shape index (κ2) is 7.09. The molecule has 6 nitrogen and oxygen atoms in total. The number of hydrogen-bond acceptors (Lipinski definition) is 5. The van der Waals surface area contributed by atoms with Gasteiger partial charge in [-0.15, -0.1) is 0 Å². The first-order valence-corrected chi connectivity index (χ1v) is 8.11. The molecule has 3 rings (SSSR count). The molecule has 2 aromatic heterocycles. The fourth-order valence-electron chi connectivity index (χ4n) is 2.99. The fraction of sp³-hybridized carbons (Fsp3) is 0.562. The van der Waals surface area contributed by atoms with Crippen LogP contribution in [0.15, 0.2) is 24.5 Å². The monoisotopic (exact) mass is 354 g/mol. The molecule has 9 heteroatoms. The number of alkyl halides is 3. The third-order valence-corrected chi connectivity index (χ3v) is 4.36. The van der Waals surface area contributed by atoms with Crippen LogP contribution in [0.25, 0.3) is 11.4 Å². The molecule has 136 valence electrons. The van der Waals surface area contributed by atoms with Crippen molar-refractivity contribution in [3.8, 4) is 11.4 Å². The van der Waals surface area contributed by atoms with Gasteiger partial charge in [0.15, 0.2) is 5.82 Å². The van der Waals surface area contributed by atoms with Gasteiger partial charge in [-0.2, -0.15) is 18.3 Å². The topological polar surface area (TPSA) is 50.1 Å². The van der Waals surface area contributed by atoms with E-state index in [1.807, 2.05) is 14.1 Å². The van der Waals surface area contributed by atoms with Crippen LogP contribution in [0, 0.1) is 0 Å². The third-order valence-electron chi connectivity index (χ3n) is 4.36. The highest BCUT2D eigenvalue weighted by Crippen LogP contribution is 2.22. The maximum atomic E-state index is 12.9. The number of pyridine rings is 1. The van der Waals surface area contributed by atoms with Crippen LogP contribution >= 0.6 is 0 Å². The molecule has 1 atom stereocenters. The van der Waals surface area contributed by atoms with Gasteiger partial charge < -0.3 is 4.90 Å².